The van der Waals surface area contributed by atoms with Gasteiger partial charge in [-0.2, -0.15) is 0 Å². The lowest BCUT2D eigenvalue weighted by Crippen LogP contribution is -1.97. The van der Waals surface area contributed by atoms with Crippen LogP contribution in [0.3, 0.4) is 0 Å². The van der Waals surface area contributed by atoms with Crippen molar-refractivity contribution < 1.29 is 5.11 Å². The highest BCUT2D eigenvalue weighted by Gasteiger charge is 2.09. The van der Waals surface area contributed by atoms with Crippen LogP contribution in [0.4, 0.5) is 0 Å². The zero-order valence-corrected chi connectivity index (χ0v) is 6.43. The Morgan fingerprint density at radius 3 is 3.00 bits per heavy atom. The molecule has 0 aromatic carbocycles. The van der Waals surface area contributed by atoms with E-state index in [9.17, 15) is 5.11 Å². The third-order valence-corrected chi connectivity index (χ3v) is 1.65. The average molecular weight is 156 g/mol. The van der Waals surface area contributed by atoms with Crippen LogP contribution in [0.2, 0.25) is 0 Å². The van der Waals surface area contributed by atoms with E-state index in [2.05, 4.69) is 16.2 Å². The molecular weight excluding hydrogens is 148 g/mol. The van der Waals surface area contributed by atoms with E-state index < -0.39 is 6.10 Å². The molecule has 0 aliphatic carbocycles. The standard InChI is InChI=1S/C6H8N2OS/c1-4(2)6(9)5-3-10-8-7-5/h3,6,9H,1H2,2H3. The van der Waals surface area contributed by atoms with Crippen LogP contribution in [0.25, 0.3) is 0 Å². The molecule has 1 heterocycles. The van der Waals surface area contributed by atoms with E-state index in [1.54, 1.807) is 12.3 Å². The van der Waals surface area contributed by atoms with Crippen LogP contribution in [0.15, 0.2) is 17.5 Å². The molecule has 0 amide bonds. The molecule has 0 fully saturated rings. The van der Waals surface area contributed by atoms with Crippen molar-refractivity contribution in [1.29, 1.82) is 0 Å². The molecular formula is C6H8N2OS. The van der Waals surface area contributed by atoms with Crippen molar-refractivity contribution in [3.8, 4) is 0 Å². The van der Waals surface area contributed by atoms with Crippen LogP contribution >= 0.6 is 11.5 Å². The van der Waals surface area contributed by atoms with Crippen molar-refractivity contribution in [1.82, 2.24) is 9.59 Å². The average Bonchev–Trinajstić information content (AvgIpc) is 2.36. The fraction of sp³-hybridized carbons (Fsp3) is 0.333. The van der Waals surface area contributed by atoms with Crippen LogP contribution in [-0.4, -0.2) is 14.7 Å². The summed E-state index contributed by atoms with van der Waals surface area (Å²) in [5.41, 5.74) is 1.27. The fourth-order valence-corrected chi connectivity index (χ4v) is 1.02. The maximum absolute atomic E-state index is 9.29. The van der Waals surface area contributed by atoms with Gasteiger partial charge in [0, 0.05) is 5.38 Å². The Hall–Kier alpha value is -0.740. The molecule has 1 atom stereocenters. The largest absolute Gasteiger partial charge is 0.382 e. The summed E-state index contributed by atoms with van der Waals surface area (Å²) in [7, 11) is 0. The second kappa shape index (κ2) is 2.90. The van der Waals surface area contributed by atoms with Crippen molar-refractivity contribution in [3.05, 3.63) is 23.2 Å². The molecule has 10 heavy (non-hydrogen) atoms. The number of hydrogen-bond donors (Lipinski definition) is 1. The van der Waals surface area contributed by atoms with Gasteiger partial charge in [-0.15, -0.1) is 5.10 Å². The molecule has 54 valence electrons. The van der Waals surface area contributed by atoms with Gasteiger partial charge >= 0.3 is 0 Å². The topological polar surface area (TPSA) is 46.0 Å². The summed E-state index contributed by atoms with van der Waals surface area (Å²) in [4.78, 5) is 0. The van der Waals surface area contributed by atoms with E-state index >= 15 is 0 Å². The van der Waals surface area contributed by atoms with E-state index in [0.29, 0.717) is 11.3 Å². The lowest BCUT2D eigenvalue weighted by Gasteiger charge is -2.03. The molecule has 4 heteroatoms. The quantitative estimate of drug-likeness (QED) is 0.653. The normalized spacial score (nSPS) is 13.0. The molecule has 1 rings (SSSR count). The fourth-order valence-electron chi connectivity index (χ4n) is 0.543. The first kappa shape index (κ1) is 7.37. The minimum Gasteiger partial charge on any atom is -0.382 e. The first-order chi connectivity index (χ1) is 4.72. The van der Waals surface area contributed by atoms with Crippen molar-refractivity contribution in [2.24, 2.45) is 0 Å². The molecule has 0 bridgehead atoms. The van der Waals surface area contributed by atoms with E-state index in [-0.39, 0.29) is 0 Å². The summed E-state index contributed by atoms with van der Waals surface area (Å²) in [6.45, 7) is 5.35. The van der Waals surface area contributed by atoms with Gasteiger partial charge in [-0.3, -0.25) is 0 Å². The number of aromatic nitrogens is 2. The monoisotopic (exact) mass is 156 g/mol. The Labute approximate surface area is 63.2 Å². The van der Waals surface area contributed by atoms with Crippen LogP contribution in [0.1, 0.15) is 18.7 Å². The Balaban J connectivity index is 2.77. The summed E-state index contributed by atoms with van der Waals surface area (Å²) < 4.78 is 3.62. The predicted molar refractivity (Wildman–Crippen MR) is 39.7 cm³/mol. The summed E-state index contributed by atoms with van der Waals surface area (Å²) in [5.74, 6) is 0. The zero-order valence-electron chi connectivity index (χ0n) is 5.61. The molecule has 1 unspecified atom stereocenters. The lowest BCUT2D eigenvalue weighted by atomic mass is 10.1. The summed E-state index contributed by atoms with van der Waals surface area (Å²) in [5, 5.41) is 14.7. The molecule has 0 saturated heterocycles. The Kier molecular flexibility index (Phi) is 2.13. The maximum Gasteiger partial charge on any atom is 0.119 e. The highest BCUT2D eigenvalue weighted by molar-refractivity contribution is 7.03. The molecule has 0 aliphatic rings. The van der Waals surface area contributed by atoms with E-state index in [4.69, 9.17) is 0 Å². The van der Waals surface area contributed by atoms with Crippen LogP contribution in [-0.2, 0) is 0 Å². The number of hydrogen-bond acceptors (Lipinski definition) is 4. The molecule has 1 N–H and O–H groups in total. The van der Waals surface area contributed by atoms with Gasteiger partial charge in [-0.25, -0.2) is 0 Å². The van der Waals surface area contributed by atoms with Gasteiger partial charge < -0.3 is 5.11 Å². The molecule has 1 aromatic heterocycles. The highest BCUT2D eigenvalue weighted by Crippen LogP contribution is 2.17. The van der Waals surface area contributed by atoms with Gasteiger partial charge in [-0.05, 0) is 24.0 Å². The maximum atomic E-state index is 9.29. The molecule has 1 aromatic rings. The van der Waals surface area contributed by atoms with Crippen LogP contribution in [0, 0.1) is 0 Å². The number of nitrogens with zero attached hydrogens (tertiary/aromatic N) is 2. The van der Waals surface area contributed by atoms with Crippen molar-refractivity contribution in [2.75, 3.05) is 0 Å². The van der Waals surface area contributed by atoms with Crippen molar-refractivity contribution in [2.45, 2.75) is 13.0 Å². The van der Waals surface area contributed by atoms with Crippen molar-refractivity contribution >= 4 is 11.5 Å². The van der Waals surface area contributed by atoms with E-state index in [1.165, 1.54) is 11.5 Å². The van der Waals surface area contributed by atoms with Gasteiger partial charge in [-0.1, -0.05) is 11.1 Å². The van der Waals surface area contributed by atoms with Gasteiger partial charge in [0.1, 0.15) is 11.8 Å². The van der Waals surface area contributed by atoms with Crippen LogP contribution in [0.5, 0.6) is 0 Å². The SMILES string of the molecule is C=C(C)C(O)c1csnn1. The Morgan fingerprint density at radius 1 is 1.90 bits per heavy atom. The Bertz CT molecular complexity index is 220. The van der Waals surface area contributed by atoms with Gasteiger partial charge in [0.15, 0.2) is 0 Å². The molecule has 3 nitrogen and oxygen atoms in total. The number of aliphatic hydroxyl groups is 1. The smallest absolute Gasteiger partial charge is 0.119 e. The minimum atomic E-state index is -0.654. The predicted octanol–water partition coefficient (Wildman–Crippen LogP) is 1.15. The second-order valence-electron chi connectivity index (χ2n) is 2.08. The van der Waals surface area contributed by atoms with Crippen molar-refractivity contribution in [3.63, 3.8) is 0 Å². The van der Waals surface area contributed by atoms with Gasteiger partial charge in [0.25, 0.3) is 0 Å². The zero-order chi connectivity index (χ0) is 7.56. The highest BCUT2D eigenvalue weighted by atomic mass is 32.1. The summed E-state index contributed by atoms with van der Waals surface area (Å²) in [6.07, 6.45) is -0.654. The lowest BCUT2D eigenvalue weighted by molar-refractivity contribution is 0.211. The van der Waals surface area contributed by atoms with E-state index in [0.717, 1.165) is 0 Å². The molecule has 0 radical (unpaired) electrons. The Morgan fingerprint density at radius 2 is 2.60 bits per heavy atom. The second-order valence-corrected chi connectivity index (χ2v) is 2.69. The van der Waals surface area contributed by atoms with Gasteiger partial charge in [0.05, 0.1) is 0 Å². The first-order valence-corrected chi connectivity index (χ1v) is 3.66. The first-order valence-electron chi connectivity index (χ1n) is 2.82. The molecule has 0 spiro atoms. The molecule has 0 saturated carbocycles. The number of rotatable bonds is 2. The summed E-state index contributed by atoms with van der Waals surface area (Å²) >= 11 is 1.22. The van der Waals surface area contributed by atoms with Gasteiger partial charge in [0.2, 0.25) is 0 Å². The van der Waals surface area contributed by atoms with Crippen LogP contribution < -0.4 is 0 Å². The van der Waals surface area contributed by atoms with E-state index in [1.807, 2.05) is 0 Å². The summed E-state index contributed by atoms with van der Waals surface area (Å²) in [6, 6.07) is 0. The minimum absolute atomic E-state index is 0.581. The third kappa shape index (κ3) is 1.40. The third-order valence-electron chi connectivity index (χ3n) is 1.12. The molecule has 0 aliphatic heterocycles. The number of aliphatic hydroxyl groups excluding tert-OH is 1.